The lowest BCUT2D eigenvalue weighted by molar-refractivity contribution is -0.385. The van der Waals surface area contributed by atoms with Crippen molar-refractivity contribution in [1.29, 1.82) is 0 Å². The van der Waals surface area contributed by atoms with Crippen LogP contribution in [-0.2, 0) is 26.1 Å². The molecule has 3 rings (SSSR count). The van der Waals surface area contributed by atoms with Gasteiger partial charge in [0.2, 0.25) is 15.9 Å². The maximum absolute atomic E-state index is 12.6. The van der Waals surface area contributed by atoms with Crippen molar-refractivity contribution in [3.8, 4) is 0 Å². The van der Waals surface area contributed by atoms with Crippen molar-refractivity contribution in [3.63, 3.8) is 0 Å². The molecule has 1 aliphatic heterocycles. The van der Waals surface area contributed by atoms with E-state index in [1.807, 2.05) is 0 Å². The molecule has 0 bridgehead atoms. The molecule has 156 valence electrons. The Morgan fingerprint density at radius 1 is 1.31 bits per heavy atom. The first-order valence-corrected chi connectivity index (χ1v) is 10.4. The molecule has 1 saturated heterocycles. The molecule has 1 amide bonds. The van der Waals surface area contributed by atoms with Crippen molar-refractivity contribution < 1.29 is 22.9 Å². The minimum Gasteiger partial charge on any atom is -0.379 e. The minimum atomic E-state index is -3.60. The Morgan fingerprint density at radius 2 is 1.97 bits per heavy atom. The second kappa shape index (κ2) is 8.68. The van der Waals surface area contributed by atoms with Crippen LogP contribution in [0.5, 0.6) is 0 Å². The third-order valence-electron chi connectivity index (χ3n) is 4.47. The molecule has 0 spiro atoms. The van der Waals surface area contributed by atoms with Crippen LogP contribution in [0.3, 0.4) is 0 Å². The fourth-order valence-corrected chi connectivity index (χ4v) is 4.23. The molecular formula is C17H21N5O6S. The Bertz CT molecular complexity index is 982. The van der Waals surface area contributed by atoms with E-state index in [0.29, 0.717) is 32.0 Å². The molecule has 1 fully saturated rings. The number of ether oxygens (including phenoxy) is 1. The van der Waals surface area contributed by atoms with Crippen LogP contribution in [0.1, 0.15) is 6.92 Å². The van der Waals surface area contributed by atoms with E-state index in [9.17, 15) is 23.3 Å². The summed E-state index contributed by atoms with van der Waals surface area (Å²) in [5.74, 6) is -0.821. The number of anilines is 1. The largest absolute Gasteiger partial charge is 0.379 e. The van der Waals surface area contributed by atoms with E-state index in [0.717, 1.165) is 6.20 Å². The van der Waals surface area contributed by atoms with Crippen LogP contribution in [0.4, 0.5) is 11.4 Å². The van der Waals surface area contributed by atoms with Gasteiger partial charge in [-0.1, -0.05) is 6.92 Å². The molecule has 0 radical (unpaired) electrons. The Balaban J connectivity index is 1.61. The summed E-state index contributed by atoms with van der Waals surface area (Å²) >= 11 is 0. The van der Waals surface area contributed by atoms with E-state index < -0.39 is 20.9 Å². The number of sulfonamides is 1. The molecule has 0 saturated carbocycles. The number of hydrogen-bond donors (Lipinski definition) is 1. The van der Waals surface area contributed by atoms with Crippen LogP contribution in [0.25, 0.3) is 0 Å². The molecule has 11 nitrogen and oxygen atoms in total. The number of nitro groups is 1. The number of nitrogens with one attached hydrogen (secondary N) is 1. The second-order valence-electron chi connectivity index (χ2n) is 6.61. The number of carbonyl (C=O) groups is 1. The summed E-state index contributed by atoms with van der Waals surface area (Å²) < 4.78 is 33.1. The van der Waals surface area contributed by atoms with Crippen LogP contribution >= 0.6 is 0 Å². The first-order valence-electron chi connectivity index (χ1n) is 8.93. The summed E-state index contributed by atoms with van der Waals surface area (Å²) in [7, 11) is -3.60. The van der Waals surface area contributed by atoms with Gasteiger partial charge in [-0.05, 0) is 24.3 Å². The van der Waals surface area contributed by atoms with E-state index in [-0.39, 0.29) is 23.0 Å². The van der Waals surface area contributed by atoms with Gasteiger partial charge in [-0.3, -0.25) is 19.6 Å². The molecule has 1 aromatic carbocycles. The van der Waals surface area contributed by atoms with E-state index in [1.165, 1.54) is 39.4 Å². The molecule has 1 atom stereocenters. The quantitative estimate of drug-likeness (QED) is 0.520. The summed E-state index contributed by atoms with van der Waals surface area (Å²) in [6.07, 6.45) is 2.38. The summed E-state index contributed by atoms with van der Waals surface area (Å²) in [4.78, 5) is 22.6. The zero-order valence-electron chi connectivity index (χ0n) is 15.7. The average Bonchev–Trinajstić information content (AvgIpc) is 3.18. The van der Waals surface area contributed by atoms with Crippen molar-refractivity contribution in [1.82, 2.24) is 14.1 Å². The molecule has 2 heterocycles. The monoisotopic (exact) mass is 423 g/mol. The number of rotatable bonds is 7. The Morgan fingerprint density at radius 3 is 2.55 bits per heavy atom. The van der Waals surface area contributed by atoms with Crippen LogP contribution in [0.15, 0.2) is 41.6 Å². The lowest BCUT2D eigenvalue weighted by Gasteiger charge is -2.26. The highest BCUT2D eigenvalue weighted by molar-refractivity contribution is 7.89. The molecule has 29 heavy (non-hydrogen) atoms. The molecule has 12 heteroatoms. The van der Waals surface area contributed by atoms with Crippen molar-refractivity contribution in [3.05, 3.63) is 46.8 Å². The van der Waals surface area contributed by atoms with Crippen molar-refractivity contribution in [2.45, 2.75) is 18.4 Å². The van der Waals surface area contributed by atoms with Gasteiger partial charge in [-0.25, -0.2) is 8.42 Å². The number of amides is 1. The number of carbonyl (C=O) groups excluding carboxylic acids is 1. The van der Waals surface area contributed by atoms with Gasteiger partial charge in [0.05, 0.1) is 35.5 Å². The smallest absolute Gasteiger partial charge is 0.306 e. The van der Waals surface area contributed by atoms with Crippen molar-refractivity contribution in [2.24, 2.45) is 5.92 Å². The van der Waals surface area contributed by atoms with Gasteiger partial charge in [0.25, 0.3) is 0 Å². The summed E-state index contributed by atoms with van der Waals surface area (Å²) in [6, 6.07) is 5.94. The number of hydrogen-bond acceptors (Lipinski definition) is 7. The fourth-order valence-electron chi connectivity index (χ4n) is 2.82. The topological polar surface area (TPSA) is 137 Å². The van der Waals surface area contributed by atoms with E-state index in [2.05, 4.69) is 10.4 Å². The van der Waals surface area contributed by atoms with Crippen LogP contribution < -0.4 is 5.32 Å². The van der Waals surface area contributed by atoms with E-state index >= 15 is 0 Å². The van der Waals surface area contributed by atoms with Gasteiger partial charge in [-0.2, -0.15) is 9.40 Å². The summed E-state index contributed by atoms with van der Waals surface area (Å²) in [6.45, 7) is 3.19. The third kappa shape index (κ3) is 4.96. The zero-order chi connectivity index (χ0) is 21.0. The lowest BCUT2D eigenvalue weighted by atomic mass is 10.1. The molecule has 1 aliphatic rings. The highest BCUT2D eigenvalue weighted by Gasteiger charge is 2.26. The zero-order valence-corrected chi connectivity index (χ0v) is 16.5. The second-order valence-corrected chi connectivity index (χ2v) is 8.55. The number of morpholine rings is 1. The first-order chi connectivity index (χ1) is 13.8. The molecule has 0 aliphatic carbocycles. The molecule has 1 unspecified atom stereocenters. The van der Waals surface area contributed by atoms with Gasteiger partial charge < -0.3 is 10.1 Å². The van der Waals surface area contributed by atoms with Crippen molar-refractivity contribution >= 4 is 27.3 Å². The van der Waals surface area contributed by atoms with Crippen LogP contribution in [0.2, 0.25) is 0 Å². The van der Waals surface area contributed by atoms with Gasteiger partial charge in [0, 0.05) is 18.8 Å². The van der Waals surface area contributed by atoms with E-state index in [1.54, 1.807) is 6.92 Å². The normalized spacial score (nSPS) is 16.3. The highest BCUT2D eigenvalue weighted by Crippen LogP contribution is 2.20. The number of benzene rings is 1. The minimum absolute atomic E-state index is 0.144. The van der Waals surface area contributed by atoms with E-state index in [4.69, 9.17) is 4.74 Å². The van der Waals surface area contributed by atoms with Gasteiger partial charge >= 0.3 is 5.69 Å². The predicted molar refractivity (Wildman–Crippen MR) is 103 cm³/mol. The lowest BCUT2D eigenvalue weighted by Crippen LogP contribution is -2.40. The van der Waals surface area contributed by atoms with Gasteiger partial charge in [0.15, 0.2) is 0 Å². The average molecular weight is 423 g/mol. The fraction of sp³-hybridized carbons (Fsp3) is 0.412. The predicted octanol–water partition coefficient (Wildman–Crippen LogP) is 1.09. The molecule has 1 N–H and O–H groups in total. The standard InChI is InChI=1S/C17H21N5O6S/c1-13(11-20-12-15(10-18-20)22(24)25)17(23)19-14-2-4-16(5-3-14)29(26,27)21-6-8-28-9-7-21/h2-5,10,12-13H,6-9,11H2,1H3,(H,19,23). The Hall–Kier alpha value is -2.83. The number of aromatic nitrogens is 2. The molecule has 1 aromatic heterocycles. The SMILES string of the molecule is CC(Cn1cc([N+](=O)[O-])cn1)C(=O)Nc1ccc(S(=O)(=O)N2CCOCC2)cc1. The maximum atomic E-state index is 12.6. The Kier molecular flexibility index (Phi) is 6.25. The molecular weight excluding hydrogens is 402 g/mol. The van der Waals surface area contributed by atoms with Crippen molar-refractivity contribution in [2.75, 3.05) is 31.6 Å². The van der Waals surface area contributed by atoms with Crippen LogP contribution in [0, 0.1) is 16.0 Å². The summed E-state index contributed by atoms with van der Waals surface area (Å²) in [5, 5.41) is 17.3. The highest BCUT2D eigenvalue weighted by atomic mass is 32.2. The third-order valence-corrected chi connectivity index (χ3v) is 6.38. The Labute approximate surface area is 167 Å². The van der Waals surface area contributed by atoms with Gasteiger partial charge in [0.1, 0.15) is 12.4 Å². The maximum Gasteiger partial charge on any atom is 0.306 e. The van der Waals surface area contributed by atoms with Crippen LogP contribution in [-0.4, -0.2) is 59.6 Å². The summed E-state index contributed by atoms with van der Waals surface area (Å²) in [5.41, 5.74) is 0.309. The van der Waals surface area contributed by atoms with Gasteiger partial charge in [-0.15, -0.1) is 0 Å². The number of nitrogens with zero attached hydrogens (tertiary/aromatic N) is 4. The first kappa shape index (κ1) is 20.9. The molecule has 2 aromatic rings.